The van der Waals surface area contributed by atoms with Crippen molar-refractivity contribution in [3.05, 3.63) is 53.0 Å². The topological polar surface area (TPSA) is 58.2 Å². The molecule has 0 aliphatic rings. The number of benzene rings is 2. The lowest BCUT2D eigenvalue weighted by Crippen LogP contribution is -2.22. The van der Waals surface area contributed by atoms with Crippen molar-refractivity contribution in [2.45, 2.75) is 24.0 Å². The third-order valence-corrected chi connectivity index (χ3v) is 4.79. The largest absolute Gasteiger partial charge is 0.326 e. The van der Waals surface area contributed by atoms with Crippen LogP contribution in [0.1, 0.15) is 13.8 Å². The molecule has 0 aromatic heterocycles. The van der Waals surface area contributed by atoms with Crippen LogP contribution >= 0.6 is 27.7 Å². The summed E-state index contributed by atoms with van der Waals surface area (Å²) in [4.78, 5) is 24.2. The molecule has 0 heterocycles. The minimum absolute atomic E-state index is 0.0622. The summed E-state index contributed by atoms with van der Waals surface area (Å²) >= 11 is 4.88. The Morgan fingerprint density at radius 1 is 1.04 bits per heavy atom. The summed E-state index contributed by atoms with van der Waals surface area (Å²) in [6.07, 6.45) is 0. The van der Waals surface area contributed by atoms with Gasteiger partial charge in [0.2, 0.25) is 11.8 Å². The van der Waals surface area contributed by atoms with Gasteiger partial charge in [0, 0.05) is 22.0 Å². The molecule has 2 aromatic carbocycles. The van der Waals surface area contributed by atoms with Crippen molar-refractivity contribution >= 4 is 50.9 Å². The van der Waals surface area contributed by atoms with Gasteiger partial charge in [-0.25, -0.2) is 0 Å². The molecule has 0 aliphatic carbocycles. The second kappa shape index (κ2) is 8.17. The fourth-order valence-corrected chi connectivity index (χ4v) is 3.13. The van der Waals surface area contributed by atoms with E-state index in [1.165, 1.54) is 18.7 Å². The van der Waals surface area contributed by atoms with Crippen molar-refractivity contribution in [2.24, 2.45) is 0 Å². The van der Waals surface area contributed by atoms with Crippen molar-refractivity contribution < 1.29 is 9.59 Å². The minimum Gasteiger partial charge on any atom is -0.326 e. The lowest BCUT2D eigenvalue weighted by molar-refractivity contribution is -0.115. The van der Waals surface area contributed by atoms with Gasteiger partial charge in [0.1, 0.15) is 0 Å². The lowest BCUT2D eigenvalue weighted by atomic mass is 10.3. The van der Waals surface area contributed by atoms with Gasteiger partial charge in [-0.05, 0) is 59.3 Å². The van der Waals surface area contributed by atoms with Crippen LogP contribution in [0.2, 0.25) is 0 Å². The number of carbonyl (C=O) groups is 2. The molecule has 2 aromatic rings. The number of carbonyl (C=O) groups excluding carboxylic acids is 2. The molecule has 0 saturated carbocycles. The molecule has 2 rings (SSSR count). The number of hydrogen-bond acceptors (Lipinski definition) is 3. The van der Waals surface area contributed by atoms with Crippen molar-refractivity contribution in [1.29, 1.82) is 0 Å². The summed E-state index contributed by atoms with van der Waals surface area (Å²) < 4.78 is 0.852. The van der Waals surface area contributed by atoms with Crippen LogP contribution in [0.4, 0.5) is 11.4 Å². The molecule has 2 N–H and O–H groups in total. The predicted octanol–water partition coefficient (Wildman–Crippen LogP) is 4.53. The van der Waals surface area contributed by atoms with E-state index in [1.807, 2.05) is 55.5 Å². The van der Waals surface area contributed by atoms with E-state index in [0.717, 1.165) is 20.7 Å². The van der Waals surface area contributed by atoms with Crippen LogP contribution in [0.3, 0.4) is 0 Å². The molecular weight excluding hydrogens is 376 g/mol. The number of anilines is 2. The number of para-hydroxylation sites is 1. The molecule has 4 nitrogen and oxygen atoms in total. The van der Waals surface area contributed by atoms with Crippen LogP contribution in [0.5, 0.6) is 0 Å². The monoisotopic (exact) mass is 392 g/mol. The highest BCUT2D eigenvalue weighted by Gasteiger charge is 2.15. The molecule has 0 aliphatic heterocycles. The van der Waals surface area contributed by atoms with E-state index < -0.39 is 0 Å². The number of thioether (sulfide) groups is 1. The Hall–Kier alpha value is -1.79. The van der Waals surface area contributed by atoms with E-state index in [4.69, 9.17) is 0 Å². The molecular formula is C17H17BrN2O2S. The molecule has 23 heavy (non-hydrogen) atoms. The van der Waals surface area contributed by atoms with Gasteiger partial charge in [0.25, 0.3) is 0 Å². The molecule has 1 atom stereocenters. The average molecular weight is 393 g/mol. The first-order valence-corrected chi connectivity index (χ1v) is 8.72. The van der Waals surface area contributed by atoms with Crippen LogP contribution in [-0.2, 0) is 9.59 Å². The van der Waals surface area contributed by atoms with E-state index in [2.05, 4.69) is 26.6 Å². The highest BCUT2D eigenvalue weighted by Crippen LogP contribution is 2.27. The smallest absolute Gasteiger partial charge is 0.237 e. The van der Waals surface area contributed by atoms with Gasteiger partial charge in [0.15, 0.2) is 0 Å². The third kappa shape index (κ3) is 5.41. The molecule has 0 radical (unpaired) electrons. The van der Waals surface area contributed by atoms with E-state index >= 15 is 0 Å². The average Bonchev–Trinajstić information content (AvgIpc) is 2.51. The van der Waals surface area contributed by atoms with Crippen LogP contribution in [0.15, 0.2) is 57.9 Å². The summed E-state index contributed by atoms with van der Waals surface area (Å²) in [6.45, 7) is 3.33. The lowest BCUT2D eigenvalue weighted by Gasteiger charge is -2.13. The van der Waals surface area contributed by atoms with Gasteiger partial charge in [-0.2, -0.15) is 0 Å². The van der Waals surface area contributed by atoms with E-state index in [9.17, 15) is 9.59 Å². The molecule has 6 heteroatoms. The fraction of sp³-hybridized carbons (Fsp3) is 0.176. The molecule has 0 saturated heterocycles. The summed E-state index contributed by atoms with van der Waals surface area (Å²) in [5.41, 5.74) is 1.50. The van der Waals surface area contributed by atoms with Gasteiger partial charge in [-0.1, -0.05) is 12.1 Å². The van der Waals surface area contributed by atoms with Crippen molar-refractivity contribution in [3.8, 4) is 0 Å². The summed E-state index contributed by atoms with van der Waals surface area (Å²) in [6, 6.07) is 14.9. The van der Waals surface area contributed by atoms with Crippen molar-refractivity contribution in [1.82, 2.24) is 0 Å². The first-order chi connectivity index (χ1) is 11.0. The van der Waals surface area contributed by atoms with Gasteiger partial charge in [-0.15, -0.1) is 11.8 Å². The van der Waals surface area contributed by atoms with Gasteiger partial charge >= 0.3 is 0 Å². The highest BCUT2D eigenvalue weighted by atomic mass is 79.9. The molecule has 2 amide bonds. The highest BCUT2D eigenvalue weighted by molar-refractivity contribution is 9.10. The second-order valence-electron chi connectivity index (χ2n) is 4.93. The van der Waals surface area contributed by atoms with Gasteiger partial charge < -0.3 is 10.6 Å². The van der Waals surface area contributed by atoms with Crippen molar-refractivity contribution in [2.75, 3.05) is 10.6 Å². The molecule has 1 unspecified atom stereocenters. The molecule has 0 bridgehead atoms. The summed E-state index contributed by atoms with van der Waals surface area (Å²) in [5, 5.41) is 5.38. The predicted molar refractivity (Wildman–Crippen MR) is 98.8 cm³/mol. The van der Waals surface area contributed by atoms with Crippen LogP contribution in [-0.4, -0.2) is 17.1 Å². The van der Waals surface area contributed by atoms with Crippen LogP contribution in [0, 0.1) is 0 Å². The van der Waals surface area contributed by atoms with Gasteiger partial charge in [-0.3, -0.25) is 9.59 Å². The number of halogens is 1. The minimum atomic E-state index is -0.242. The SMILES string of the molecule is CC(=O)Nc1ccc(SC(C)C(=O)Nc2ccccc2Br)cc1. The standard InChI is InChI=1S/C17H17BrN2O2S/c1-11(17(22)20-16-6-4-3-5-15(16)18)23-14-9-7-13(8-10-14)19-12(2)21/h3-11H,1-2H3,(H,19,21)(H,20,22). The zero-order valence-electron chi connectivity index (χ0n) is 12.8. The van der Waals surface area contributed by atoms with E-state index in [0.29, 0.717) is 0 Å². The van der Waals surface area contributed by atoms with Gasteiger partial charge in [0.05, 0.1) is 10.9 Å². The normalized spacial score (nSPS) is 11.6. The molecule has 0 spiro atoms. The Kier molecular flexibility index (Phi) is 6.24. The summed E-state index contributed by atoms with van der Waals surface area (Å²) in [7, 11) is 0. The van der Waals surface area contributed by atoms with Crippen LogP contribution in [0.25, 0.3) is 0 Å². The maximum atomic E-state index is 12.3. The third-order valence-electron chi connectivity index (χ3n) is 2.99. The Labute approximate surface area is 148 Å². The maximum absolute atomic E-state index is 12.3. The number of nitrogens with one attached hydrogen (secondary N) is 2. The number of rotatable bonds is 5. The first-order valence-electron chi connectivity index (χ1n) is 7.05. The maximum Gasteiger partial charge on any atom is 0.237 e. The van der Waals surface area contributed by atoms with Crippen molar-refractivity contribution in [3.63, 3.8) is 0 Å². The Morgan fingerprint density at radius 3 is 2.30 bits per heavy atom. The van der Waals surface area contributed by atoms with E-state index in [1.54, 1.807) is 0 Å². The zero-order chi connectivity index (χ0) is 16.8. The Morgan fingerprint density at radius 2 is 1.70 bits per heavy atom. The Bertz CT molecular complexity index is 704. The second-order valence-corrected chi connectivity index (χ2v) is 7.20. The number of amides is 2. The molecule has 120 valence electrons. The number of hydrogen-bond donors (Lipinski definition) is 2. The van der Waals surface area contributed by atoms with E-state index in [-0.39, 0.29) is 17.1 Å². The summed E-state index contributed by atoms with van der Waals surface area (Å²) in [5.74, 6) is -0.167. The molecule has 0 fully saturated rings. The zero-order valence-corrected chi connectivity index (χ0v) is 15.2. The fourth-order valence-electron chi connectivity index (χ4n) is 1.87. The van der Waals surface area contributed by atoms with Crippen LogP contribution < -0.4 is 10.6 Å². The first kappa shape index (κ1) is 17.6. The quantitative estimate of drug-likeness (QED) is 0.734. The Balaban J connectivity index is 1.95.